The molecular weight excluding hydrogens is 318 g/mol. The molecule has 0 amide bonds. The van der Waals surface area contributed by atoms with Crippen LogP contribution in [0.3, 0.4) is 0 Å². The van der Waals surface area contributed by atoms with Crippen molar-refractivity contribution in [2.45, 2.75) is 49.1 Å². The van der Waals surface area contributed by atoms with Crippen molar-refractivity contribution in [2.24, 2.45) is 5.73 Å². The molecular formula is C16H23NO7. The number of carbonyl (C=O) groups excluding carboxylic acids is 1. The van der Waals surface area contributed by atoms with Gasteiger partial charge in [-0.05, 0) is 12.0 Å². The average molecular weight is 341 g/mol. The van der Waals surface area contributed by atoms with Crippen molar-refractivity contribution in [3.8, 4) is 0 Å². The zero-order chi connectivity index (χ0) is 17.9. The van der Waals surface area contributed by atoms with Gasteiger partial charge in [0.2, 0.25) is 0 Å². The summed E-state index contributed by atoms with van der Waals surface area (Å²) in [7, 11) is 1.23. The largest absolute Gasteiger partial charge is 0.455 e. The van der Waals surface area contributed by atoms with E-state index < -0.39 is 48.6 Å². The van der Waals surface area contributed by atoms with Crippen LogP contribution in [0.15, 0.2) is 30.3 Å². The molecule has 0 saturated heterocycles. The van der Waals surface area contributed by atoms with E-state index in [1.807, 2.05) is 30.3 Å². The first-order valence-electron chi connectivity index (χ1n) is 7.62. The normalized spacial score (nSPS) is 34.6. The lowest BCUT2D eigenvalue weighted by atomic mass is 9.84. The fraction of sp³-hybridized carbons (Fsp3) is 0.562. The van der Waals surface area contributed by atoms with Gasteiger partial charge < -0.3 is 35.6 Å². The second-order valence-electron chi connectivity index (χ2n) is 5.86. The zero-order valence-corrected chi connectivity index (χ0v) is 13.2. The highest BCUT2D eigenvalue weighted by molar-refractivity contribution is 5.76. The molecule has 0 heterocycles. The first-order chi connectivity index (χ1) is 11.4. The van der Waals surface area contributed by atoms with E-state index in [1.54, 1.807) is 0 Å². The molecule has 1 aliphatic carbocycles. The number of ether oxygens (including phenoxy) is 2. The second-order valence-corrected chi connectivity index (χ2v) is 5.86. The lowest BCUT2D eigenvalue weighted by molar-refractivity contribution is -0.239. The molecule has 2 rings (SSSR count). The van der Waals surface area contributed by atoms with Crippen LogP contribution in [-0.2, 0) is 20.7 Å². The summed E-state index contributed by atoms with van der Waals surface area (Å²) in [5.41, 5.74) is 6.66. The number of esters is 1. The minimum Gasteiger partial charge on any atom is -0.455 e. The molecule has 6 N–H and O–H groups in total. The van der Waals surface area contributed by atoms with E-state index >= 15 is 0 Å². The third-order valence-corrected chi connectivity index (χ3v) is 4.17. The van der Waals surface area contributed by atoms with Gasteiger partial charge in [-0.2, -0.15) is 0 Å². The van der Waals surface area contributed by atoms with Gasteiger partial charge in [-0.3, -0.25) is 4.79 Å². The van der Waals surface area contributed by atoms with Crippen LogP contribution in [0.4, 0.5) is 0 Å². The van der Waals surface area contributed by atoms with E-state index in [2.05, 4.69) is 0 Å². The van der Waals surface area contributed by atoms with E-state index in [0.717, 1.165) is 5.56 Å². The molecule has 0 bridgehead atoms. The standard InChI is InChI=1S/C16H23NO7/c1-23-14-12(20)10(18)11(19)13(21)15(14)24-16(22)9(17)7-8-5-3-2-4-6-8/h2-6,9-15,18-21H,7,17H2,1H3/t9-,10?,11?,12?,13?,14?,15?/m0/s1. The molecule has 1 saturated carbocycles. The summed E-state index contributed by atoms with van der Waals surface area (Å²) >= 11 is 0. The highest BCUT2D eigenvalue weighted by Gasteiger charge is 2.51. The molecule has 24 heavy (non-hydrogen) atoms. The van der Waals surface area contributed by atoms with Crippen LogP contribution in [0.2, 0.25) is 0 Å². The Morgan fingerprint density at radius 2 is 1.58 bits per heavy atom. The smallest absolute Gasteiger partial charge is 0.323 e. The zero-order valence-electron chi connectivity index (χ0n) is 13.2. The Bertz CT molecular complexity index is 540. The van der Waals surface area contributed by atoms with Crippen LogP contribution >= 0.6 is 0 Å². The number of hydrogen-bond acceptors (Lipinski definition) is 8. The molecule has 8 heteroatoms. The lowest BCUT2D eigenvalue weighted by Crippen LogP contribution is -2.65. The highest BCUT2D eigenvalue weighted by Crippen LogP contribution is 2.26. The summed E-state index contributed by atoms with van der Waals surface area (Å²) in [6, 6.07) is 8.09. The predicted octanol–water partition coefficient (Wildman–Crippen LogP) is -2.06. The number of rotatable bonds is 5. The Morgan fingerprint density at radius 1 is 1.04 bits per heavy atom. The molecule has 7 atom stereocenters. The van der Waals surface area contributed by atoms with Crippen molar-refractivity contribution < 1.29 is 34.7 Å². The molecule has 1 aromatic carbocycles. The third kappa shape index (κ3) is 3.92. The molecule has 8 nitrogen and oxygen atoms in total. The summed E-state index contributed by atoms with van der Waals surface area (Å²) in [6.45, 7) is 0. The molecule has 6 unspecified atom stereocenters. The van der Waals surface area contributed by atoms with Gasteiger partial charge in [-0.15, -0.1) is 0 Å². The Hall–Kier alpha value is -1.55. The van der Waals surface area contributed by atoms with Crippen molar-refractivity contribution in [3.05, 3.63) is 35.9 Å². The van der Waals surface area contributed by atoms with Crippen molar-refractivity contribution in [1.82, 2.24) is 0 Å². The molecule has 0 aliphatic heterocycles. The van der Waals surface area contributed by atoms with E-state index in [0.29, 0.717) is 0 Å². The Balaban J connectivity index is 2.05. The summed E-state index contributed by atoms with van der Waals surface area (Å²) < 4.78 is 10.2. The van der Waals surface area contributed by atoms with Crippen molar-refractivity contribution >= 4 is 5.97 Å². The monoisotopic (exact) mass is 341 g/mol. The van der Waals surface area contributed by atoms with Crippen molar-refractivity contribution in [3.63, 3.8) is 0 Å². The predicted molar refractivity (Wildman–Crippen MR) is 82.8 cm³/mol. The number of hydrogen-bond donors (Lipinski definition) is 5. The Kier molecular flexibility index (Phi) is 6.27. The van der Waals surface area contributed by atoms with E-state index in [9.17, 15) is 25.2 Å². The van der Waals surface area contributed by atoms with Gasteiger partial charge in [0.1, 0.15) is 36.6 Å². The molecule has 1 aromatic rings. The molecule has 0 aromatic heterocycles. The van der Waals surface area contributed by atoms with Crippen LogP contribution in [0, 0.1) is 0 Å². The van der Waals surface area contributed by atoms with Gasteiger partial charge in [0.15, 0.2) is 6.10 Å². The van der Waals surface area contributed by atoms with Gasteiger partial charge in [0, 0.05) is 7.11 Å². The molecule has 0 radical (unpaired) electrons. The van der Waals surface area contributed by atoms with Crippen LogP contribution in [-0.4, -0.2) is 76.2 Å². The van der Waals surface area contributed by atoms with Gasteiger partial charge >= 0.3 is 5.97 Å². The van der Waals surface area contributed by atoms with E-state index in [1.165, 1.54) is 7.11 Å². The maximum absolute atomic E-state index is 12.2. The average Bonchev–Trinajstić information content (AvgIpc) is 2.58. The first kappa shape index (κ1) is 18.8. The van der Waals surface area contributed by atoms with Crippen LogP contribution in [0.1, 0.15) is 5.56 Å². The number of aliphatic hydroxyl groups is 4. The van der Waals surface area contributed by atoms with Crippen LogP contribution in [0.5, 0.6) is 0 Å². The number of methoxy groups -OCH3 is 1. The Morgan fingerprint density at radius 3 is 2.12 bits per heavy atom. The third-order valence-electron chi connectivity index (χ3n) is 4.17. The van der Waals surface area contributed by atoms with E-state index in [-0.39, 0.29) is 6.42 Å². The number of carbonyl (C=O) groups is 1. The molecule has 1 aliphatic rings. The van der Waals surface area contributed by atoms with Gasteiger partial charge in [-0.25, -0.2) is 0 Å². The molecule has 1 fully saturated rings. The number of nitrogens with two attached hydrogens (primary N) is 1. The summed E-state index contributed by atoms with van der Waals surface area (Å²) in [5.74, 6) is -0.805. The minimum absolute atomic E-state index is 0.230. The highest BCUT2D eigenvalue weighted by atomic mass is 16.6. The maximum Gasteiger partial charge on any atom is 0.323 e. The van der Waals surface area contributed by atoms with Gasteiger partial charge in [0.05, 0.1) is 0 Å². The van der Waals surface area contributed by atoms with Crippen molar-refractivity contribution in [2.75, 3.05) is 7.11 Å². The van der Waals surface area contributed by atoms with E-state index in [4.69, 9.17) is 15.2 Å². The number of aliphatic hydroxyl groups excluding tert-OH is 4. The molecule has 134 valence electrons. The van der Waals surface area contributed by atoms with Gasteiger partial charge in [-0.1, -0.05) is 30.3 Å². The summed E-state index contributed by atoms with van der Waals surface area (Å²) in [6.07, 6.45) is -8.72. The van der Waals surface area contributed by atoms with Crippen LogP contribution in [0.25, 0.3) is 0 Å². The SMILES string of the molecule is COC1C(O)C(O)C(O)C(O)C1OC(=O)[C@@H](N)Cc1ccccc1. The Labute approximate surface area is 139 Å². The van der Waals surface area contributed by atoms with Crippen molar-refractivity contribution in [1.29, 1.82) is 0 Å². The second kappa shape index (κ2) is 8.02. The fourth-order valence-electron chi connectivity index (χ4n) is 2.76. The molecule has 0 spiro atoms. The quantitative estimate of drug-likeness (QED) is 0.385. The number of benzene rings is 1. The summed E-state index contributed by atoms with van der Waals surface area (Å²) in [5, 5.41) is 39.4. The topological polar surface area (TPSA) is 142 Å². The minimum atomic E-state index is -1.67. The maximum atomic E-state index is 12.2. The fourth-order valence-corrected chi connectivity index (χ4v) is 2.76. The summed E-state index contributed by atoms with van der Waals surface area (Å²) in [4.78, 5) is 12.2. The lowest BCUT2D eigenvalue weighted by Gasteiger charge is -2.42. The van der Waals surface area contributed by atoms with Crippen LogP contribution < -0.4 is 5.73 Å². The first-order valence-corrected chi connectivity index (χ1v) is 7.62. The van der Waals surface area contributed by atoms with Gasteiger partial charge in [0.25, 0.3) is 0 Å².